The molecule has 21 heavy (non-hydrogen) atoms. The van der Waals surface area contributed by atoms with Gasteiger partial charge in [-0.05, 0) is 35.2 Å². The van der Waals surface area contributed by atoms with Gasteiger partial charge in [0.25, 0.3) is 0 Å². The molecule has 0 saturated carbocycles. The summed E-state index contributed by atoms with van der Waals surface area (Å²) in [5.41, 5.74) is 9.83. The molecular weight excluding hydrogens is 300 g/mol. The zero-order chi connectivity index (χ0) is 15.4. The second kappa shape index (κ2) is 6.92. The fourth-order valence-corrected chi connectivity index (χ4v) is 2.57. The van der Waals surface area contributed by atoms with Crippen LogP contribution in [0.1, 0.15) is 36.5 Å². The van der Waals surface area contributed by atoms with Crippen molar-refractivity contribution in [1.29, 1.82) is 0 Å². The summed E-state index contributed by atoms with van der Waals surface area (Å²) in [6, 6.07) is 14.3. The minimum atomic E-state index is 0.316. The molecule has 0 atom stereocenters. The molecule has 0 amide bonds. The zero-order valence-electron chi connectivity index (χ0n) is 12.2. The topological polar surface area (TPSA) is 38.0 Å². The first-order valence-electron chi connectivity index (χ1n) is 6.89. The van der Waals surface area contributed by atoms with Crippen LogP contribution in [0, 0.1) is 0 Å². The standard InChI is InChI=1S/C17H19ClN2S/c1-11(2)13-5-3-12(4-6-13)10-20-14-7-8-15(17(19)21)16(18)9-14/h3-9,11,20H,10H2,1-2H3,(H2,19,21). The van der Waals surface area contributed by atoms with Gasteiger partial charge in [0, 0.05) is 17.8 Å². The van der Waals surface area contributed by atoms with E-state index in [0.29, 0.717) is 21.5 Å². The Kier molecular flexibility index (Phi) is 5.21. The Morgan fingerprint density at radius 1 is 1.19 bits per heavy atom. The highest BCUT2D eigenvalue weighted by Crippen LogP contribution is 2.22. The van der Waals surface area contributed by atoms with Crippen LogP contribution in [-0.4, -0.2) is 4.99 Å². The van der Waals surface area contributed by atoms with Crippen molar-refractivity contribution in [2.75, 3.05) is 5.32 Å². The molecule has 4 heteroatoms. The van der Waals surface area contributed by atoms with Crippen LogP contribution in [0.15, 0.2) is 42.5 Å². The number of hydrogen-bond acceptors (Lipinski definition) is 2. The lowest BCUT2D eigenvalue weighted by atomic mass is 10.0. The first kappa shape index (κ1) is 15.8. The number of hydrogen-bond donors (Lipinski definition) is 2. The highest BCUT2D eigenvalue weighted by Gasteiger charge is 2.04. The maximum atomic E-state index is 6.15. The molecule has 0 bridgehead atoms. The third-order valence-electron chi connectivity index (χ3n) is 3.38. The maximum Gasteiger partial charge on any atom is 0.105 e. The van der Waals surface area contributed by atoms with Crippen molar-refractivity contribution in [1.82, 2.24) is 0 Å². The van der Waals surface area contributed by atoms with Gasteiger partial charge in [-0.2, -0.15) is 0 Å². The number of rotatable bonds is 5. The number of anilines is 1. The molecule has 0 aliphatic carbocycles. The van der Waals surface area contributed by atoms with Gasteiger partial charge < -0.3 is 11.1 Å². The molecule has 3 N–H and O–H groups in total. The van der Waals surface area contributed by atoms with Crippen molar-refractivity contribution < 1.29 is 0 Å². The Morgan fingerprint density at radius 2 is 1.86 bits per heavy atom. The molecule has 2 nitrogen and oxygen atoms in total. The normalized spacial score (nSPS) is 10.7. The Morgan fingerprint density at radius 3 is 2.38 bits per heavy atom. The highest BCUT2D eigenvalue weighted by molar-refractivity contribution is 7.80. The summed E-state index contributed by atoms with van der Waals surface area (Å²) < 4.78 is 0. The Hall–Kier alpha value is -1.58. The quantitative estimate of drug-likeness (QED) is 0.784. The van der Waals surface area contributed by atoms with E-state index in [0.717, 1.165) is 12.2 Å². The van der Waals surface area contributed by atoms with Crippen molar-refractivity contribution in [2.45, 2.75) is 26.3 Å². The average molecular weight is 319 g/mol. The van der Waals surface area contributed by atoms with Crippen molar-refractivity contribution in [3.05, 3.63) is 64.2 Å². The number of benzene rings is 2. The van der Waals surface area contributed by atoms with Crippen molar-refractivity contribution >= 4 is 34.5 Å². The van der Waals surface area contributed by atoms with E-state index in [-0.39, 0.29) is 0 Å². The van der Waals surface area contributed by atoms with Gasteiger partial charge in [-0.15, -0.1) is 0 Å². The van der Waals surface area contributed by atoms with Crippen molar-refractivity contribution in [3.8, 4) is 0 Å². The van der Waals surface area contributed by atoms with Crippen LogP contribution < -0.4 is 11.1 Å². The summed E-state index contributed by atoms with van der Waals surface area (Å²) in [4.78, 5) is 0.316. The largest absolute Gasteiger partial charge is 0.389 e. The number of halogens is 1. The Balaban J connectivity index is 2.03. The van der Waals surface area contributed by atoms with Crippen LogP contribution in [0.25, 0.3) is 0 Å². The SMILES string of the molecule is CC(C)c1ccc(CNc2ccc(C(N)=S)c(Cl)c2)cc1. The van der Waals surface area contributed by atoms with E-state index in [1.165, 1.54) is 11.1 Å². The molecule has 0 radical (unpaired) electrons. The van der Waals surface area contributed by atoms with Gasteiger partial charge >= 0.3 is 0 Å². The lowest BCUT2D eigenvalue weighted by Crippen LogP contribution is -2.10. The fourth-order valence-electron chi connectivity index (χ4n) is 2.05. The molecule has 0 fully saturated rings. The van der Waals surface area contributed by atoms with E-state index in [1.807, 2.05) is 18.2 Å². The van der Waals surface area contributed by atoms with E-state index >= 15 is 0 Å². The molecule has 0 aliphatic heterocycles. The summed E-state index contributed by atoms with van der Waals surface area (Å²) in [5.74, 6) is 0.554. The van der Waals surface area contributed by atoms with Crippen molar-refractivity contribution in [2.24, 2.45) is 5.73 Å². The Bertz CT molecular complexity index is 636. The molecule has 0 unspecified atom stereocenters. The number of thiocarbonyl (C=S) groups is 1. The fraction of sp³-hybridized carbons (Fsp3) is 0.235. The lowest BCUT2D eigenvalue weighted by molar-refractivity contribution is 0.865. The first-order chi connectivity index (χ1) is 9.97. The minimum Gasteiger partial charge on any atom is -0.389 e. The molecule has 0 aromatic heterocycles. The first-order valence-corrected chi connectivity index (χ1v) is 7.68. The van der Waals surface area contributed by atoms with Crippen LogP contribution in [0.3, 0.4) is 0 Å². The van der Waals surface area contributed by atoms with Gasteiger partial charge in [-0.25, -0.2) is 0 Å². The minimum absolute atomic E-state index is 0.316. The predicted molar refractivity (Wildman–Crippen MR) is 95.2 cm³/mol. The zero-order valence-corrected chi connectivity index (χ0v) is 13.8. The van der Waals surface area contributed by atoms with Gasteiger partial charge in [0.15, 0.2) is 0 Å². The molecule has 2 rings (SSSR count). The highest BCUT2D eigenvalue weighted by atomic mass is 35.5. The van der Waals surface area contributed by atoms with Gasteiger partial charge in [-0.1, -0.05) is 61.9 Å². The van der Waals surface area contributed by atoms with Crippen LogP contribution in [0.5, 0.6) is 0 Å². The summed E-state index contributed by atoms with van der Waals surface area (Å²) in [7, 11) is 0. The van der Waals surface area contributed by atoms with Gasteiger partial charge in [0.2, 0.25) is 0 Å². The lowest BCUT2D eigenvalue weighted by Gasteiger charge is -2.10. The number of nitrogens with two attached hydrogens (primary N) is 1. The van der Waals surface area contributed by atoms with E-state index in [4.69, 9.17) is 29.6 Å². The summed E-state index contributed by atoms with van der Waals surface area (Å²) in [6.07, 6.45) is 0. The van der Waals surface area contributed by atoms with E-state index in [9.17, 15) is 0 Å². The molecule has 0 heterocycles. The Labute approximate surface area is 136 Å². The predicted octanol–water partition coefficient (Wildman–Crippen LogP) is 4.71. The average Bonchev–Trinajstić information content (AvgIpc) is 2.45. The second-order valence-electron chi connectivity index (χ2n) is 5.31. The van der Waals surface area contributed by atoms with E-state index < -0.39 is 0 Å². The second-order valence-corrected chi connectivity index (χ2v) is 6.16. The molecule has 2 aromatic carbocycles. The van der Waals surface area contributed by atoms with Crippen LogP contribution in [0.4, 0.5) is 5.69 Å². The third-order valence-corrected chi connectivity index (χ3v) is 3.91. The summed E-state index contributed by atoms with van der Waals surface area (Å²) in [5, 5.41) is 3.92. The molecular formula is C17H19ClN2S. The molecule has 2 aromatic rings. The van der Waals surface area contributed by atoms with Crippen LogP contribution >= 0.6 is 23.8 Å². The molecule has 110 valence electrons. The third kappa shape index (κ3) is 4.19. The smallest absolute Gasteiger partial charge is 0.105 e. The van der Waals surface area contributed by atoms with Gasteiger partial charge in [0.05, 0.1) is 5.02 Å². The molecule has 0 spiro atoms. The monoisotopic (exact) mass is 318 g/mol. The van der Waals surface area contributed by atoms with E-state index in [2.05, 4.69) is 43.4 Å². The maximum absolute atomic E-state index is 6.15. The summed E-state index contributed by atoms with van der Waals surface area (Å²) in [6.45, 7) is 5.14. The van der Waals surface area contributed by atoms with Gasteiger partial charge in [-0.3, -0.25) is 0 Å². The van der Waals surface area contributed by atoms with Crippen LogP contribution in [-0.2, 0) is 6.54 Å². The van der Waals surface area contributed by atoms with Gasteiger partial charge in [0.1, 0.15) is 4.99 Å². The van der Waals surface area contributed by atoms with E-state index in [1.54, 1.807) is 0 Å². The van der Waals surface area contributed by atoms with Crippen molar-refractivity contribution in [3.63, 3.8) is 0 Å². The molecule has 0 saturated heterocycles. The summed E-state index contributed by atoms with van der Waals surface area (Å²) >= 11 is 11.1. The van der Waals surface area contributed by atoms with Crippen LogP contribution in [0.2, 0.25) is 5.02 Å². The number of nitrogens with one attached hydrogen (secondary N) is 1. The molecule has 0 aliphatic rings.